The second kappa shape index (κ2) is 14.7. The lowest BCUT2D eigenvalue weighted by Crippen LogP contribution is -1.94. The van der Waals surface area contributed by atoms with Crippen LogP contribution in [-0.4, -0.2) is 18.5 Å². The second-order valence-electron chi connectivity index (χ2n) is 17.8. The van der Waals surface area contributed by atoms with Crippen LogP contribution in [0.15, 0.2) is 227 Å². The molecule has 6 nitrogen and oxygen atoms in total. The van der Waals surface area contributed by atoms with Gasteiger partial charge in [0.05, 0.1) is 22.1 Å². The molecule has 5 aromatic heterocycles. The van der Waals surface area contributed by atoms with Crippen LogP contribution in [0.5, 0.6) is 0 Å². The minimum atomic E-state index is 0.717. The summed E-state index contributed by atoms with van der Waals surface area (Å²) in [6.07, 6.45) is 0. The molecule has 7 heteroatoms. The van der Waals surface area contributed by atoms with Gasteiger partial charge in [-0.25, -0.2) is 4.98 Å². The molecule has 0 aliphatic carbocycles. The quantitative estimate of drug-likeness (QED) is 0.167. The number of benzene rings is 10. The standard InChI is InChI=1S/C62H36N4O2S/c1-5-13-53-45(9-1)47-29-21-40(42-23-31-51-49-12-4-8-16-58(49)68-60(51)36-42)34-56(47)66(53)44-27-19-38(20-28-44)62-63-61(64-69-62)37-17-25-43(26-18-37)65-54-14-6-2-10-46(54)52-33-39(24-32-55(52)65)41-22-30-50-48-11-3-7-15-57(48)67-59(50)35-41/h1-36H. The molecular formula is C62H36N4O2S. The Bertz CT molecular complexity index is 4550. The Balaban J connectivity index is 0.733. The van der Waals surface area contributed by atoms with Gasteiger partial charge in [0.25, 0.3) is 0 Å². The van der Waals surface area contributed by atoms with Crippen LogP contribution in [-0.2, 0) is 0 Å². The summed E-state index contributed by atoms with van der Waals surface area (Å²) in [7, 11) is 0. The molecule has 0 saturated carbocycles. The summed E-state index contributed by atoms with van der Waals surface area (Å²) in [5, 5.41) is 10.3. The fourth-order valence-electron chi connectivity index (χ4n) is 10.6. The van der Waals surface area contributed by atoms with Crippen molar-refractivity contribution in [3.05, 3.63) is 218 Å². The van der Waals surface area contributed by atoms with E-state index in [2.05, 4.69) is 203 Å². The third kappa shape index (κ3) is 5.91. The molecule has 0 radical (unpaired) electrons. The first-order valence-corrected chi connectivity index (χ1v) is 23.9. The van der Waals surface area contributed by atoms with Crippen molar-refractivity contribution in [1.82, 2.24) is 18.5 Å². The second-order valence-corrected chi connectivity index (χ2v) is 18.6. The highest BCUT2D eigenvalue weighted by Crippen LogP contribution is 2.40. The van der Waals surface area contributed by atoms with Gasteiger partial charge < -0.3 is 18.0 Å². The molecule has 0 aliphatic heterocycles. The first-order valence-electron chi connectivity index (χ1n) is 23.1. The molecule has 5 heterocycles. The Kier molecular flexibility index (Phi) is 8.13. The SMILES string of the molecule is c1ccc2c(c1)oc1cc(-c3ccc4c(c3)c3ccccc3n4-c3ccc(-c4nsc(-c5ccc(-n6c7ccccc7c7ccc(-c8ccc9c(c8)oc8ccccc89)cc76)cc5)n4)cc3)ccc12. The summed E-state index contributed by atoms with van der Waals surface area (Å²) in [4.78, 5) is 5.06. The van der Waals surface area contributed by atoms with E-state index in [0.717, 1.165) is 122 Å². The molecule has 0 saturated heterocycles. The minimum absolute atomic E-state index is 0.717. The van der Waals surface area contributed by atoms with Gasteiger partial charge in [0.1, 0.15) is 27.3 Å². The highest BCUT2D eigenvalue weighted by Gasteiger charge is 2.18. The van der Waals surface area contributed by atoms with Crippen LogP contribution in [0, 0.1) is 0 Å². The molecule has 322 valence electrons. The Morgan fingerprint density at radius 2 is 0.725 bits per heavy atom. The van der Waals surface area contributed by atoms with Crippen LogP contribution in [0.4, 0.5) is 0 Å². The molecule has 0 unspecified atom stereocenters. The van der Waals surface area contributed by atoms with Gasteiger partial charge in [0, 0.05) is 65.6 Å². The summed E-state index contributed by atoms with van der Waals surface area (Å²) in [5.74, 6) is 0.717. The maximum Gasteiger partial charge on any atom is 0.173 e. The van der Waals surface area contributed by atoms with Gasteiger partial charge >= 0.3 is 0 Å². The van der Waals surface area contributed by atoms with Gasteiger partial charge in [-0.05, 0) is 149 Å². The van der Waals surface area contributed by atoms with Crippen LogP contribution in [0.2, 0.25) is 0 Å². The largest absolute Gasteiger partial charge is 0.456 e. The number of fused-ring (bicyclic) bond motifs is 12. The zero-order valence-corrected chi connectivity index (χ0v) is 37.6. The third-order valence-corrected chi connectivity index (χ3v) is 14.7. The van der Waals surface area contributed by atoms with E-state index in [0.29, 0.717) is 0 Å². The Morgan fingerprint density at radius 1 is 0.304 bits per heavy atom. The normalized spacial score (nSPS) is 12.1. The summed E-state index contributed by atoms with van der Waals surface area (Å²) in [6, 6.07) is 77.7. The number of furan rings is 2. The van der Waals surface area contributed by atoms with Crippen molar-refractivity contribution < 1.29 is 8.83 Å². The molecule has 15 rings (SSSR count). The van der Waals surface area contributed by atoms with Gasteiger partial charge in [0.15, 0.2) is 5.82 Å². The molecule has 0 aliphatic rings. The monoisotopic (exact) mass is 900 g/mol. The Labute approximate surface area is 398 Å². The molecule has 69 heavy (non-hydrogen) atoms. The van der Waals surface area contributed by atoms with Crippen molar-refractivity contribution in [3.8, 4) is 55.6 Å². The van der Waals surface area contributed by atoms with Gasteiger partial charge in [-0.2, -0.15) is 4.37 Å². The molecule has 0 atom stereocenters. The summed E-state index contributed by atoms with van der Waals surface area (Å²) >= 11 is 1.43. The lowest BCUT2D eigenvalue weighted by molar-refractivity contribution is 0.668. The van der Waals surface area contributed by atoms with Crippen LogP contribution in [0.1, 0.15) is 0 Å². The van der Waals surface area contributed by atoms with Gasteiger partial charge in [-0.15, -0.1) is 0 Å². The van der Waals surface area contributed by atoms with Gasteiger partial charge in [-0.3, -0.25) is 0 Å². The average molecular weight is 901 g/mol. The molecule has 0 N–H and O–H groups in total. The van der Waals surface area contributed by atoms with Crippen molar-refractivity contribution in [3.63, 3.8) is 0 Å². The maximum absolute atomic E-state index is 6.27. The molecule has 15 aromatic rings. The zero-order valence-electron chi connectivity index (χ0n) is 36.8. The van der Waals surface area contributed by atoms with Crippen molar-refractivity contribution in [2.75, 3.05) is 0 Å². The number of hydrogen-bond donors (Lipinski definition) is 0. The van der Waals surface area contributed by atoms with Crippen molar-refractivity contribution in [1.29, 1.82) is 0 Å². The molecule has 0 fully saturated rings. The fraction of sp³-hybridized carbons (Fsp3) is 0. The van der Waals surface area contributed by atoms with E-state index in [1.807, 2.05) is 24.3 Å². The third-order valence-electron chi connectivity index (χ3n) is 14.0. The molecule has 0 bridgehead atoms. The summed E-state index contributed by atoms with van der Waals surface area (Å²) < 4.78 is 22.1. The first kappa shape index (κ1) is 38.1. The first-order chi connectivity index (χ1) is 34.2. The van der Waals surface area contributed by atoms with E-state index in [1.54, 1.807) is 0 Å². The lowest BCUT2D eigenvalue weighted by Gasteiger charge is -2.10. The molecule has 0 amide bonds. The summed E-state index contributed by atoms with van der Waals surface area (Å²) in [5.41, 5.74) is 16.9. The number of aromatic nitrogens is 4. The Morgan fingerprint density at radius 3 is 1.35 bits per heavy atom. The van der Waals surface area contributed by atoms with E-state index in [9.17, 15) is 0 Å². The van der Waals surface area contributed by atoms with E-state index in [1.165, 1.54) is 33.1 Å². The van der Waals surface area contributed by atoms with E-state index in [-0.39, 0.29) is 0 Å². The number of nitrogens with zero attached hydrogens (tertiary/aromatic N) is 4. The van der Waals surface area contributed by atoms with Gasteiger partial charge in [-0.1, -0.05) is 103 Å². The van der Waals surface area contributed by atoms with Crippen LogP contribution < -0.4 is 0 Å². The number of rotatable bonds is 6. The lowest BCUT2D eigenvalue weighted by atomic mass is 10.0. The van der Waals surface area contributed by atoms with Crippen molar-refractivity contribution in [2.45, 2.75) is 0 Å². The van der Waals surface area contributed by atoms with Crippen LogP contribution >= 0.6 is 11.5 Å². The molecular weight excluding hydrogens is 865 g/mol. The molecule has 0 spiro atoms. The van der Waals surface area contributed by atoms with E-state index in [4.69, 9.17) is 18.2 Å². The summed E-state index contributed by atoms with van der Waals surface area (Å²) in [6.45, 7) is 0. The predicted molar refractivity (Wildman–Crippen MR) is 285 cm³/mol. The van der Waals surface area contributed by atoms with Crippen LogP contribution in [0.25, 0.3) is 143 Å². The Hall–Kier alpha value is -9.04. The number of para-hydroxylation sites is 4. The highest BCUT2D eigenvalue weighted by molar-refractivity contribution is 7.09. The van der Waals surface area contributed by atoms with Crippen molar-refractivity contribution >= 4 is 99.0 Å². The molecule has 10 aromatic carbocycles. The topological polar surface area (TPSA) is 61.9 Å². The minimum Gasteiger partial charge on any atom is -0.456 e. The van der Waals surface area contributed by atoms with Gasteiger partial charge in [0.2, 0.25) is 0 Å². The smallest absolute Gasteiger partial charge is 0.173 e. The van der Waals surface area contributed by atoms with E-state index >= 15 is 0 Å². The average Bonchev–Trinajstić information content (AvgIpc) is 4.25. The highest BCUT2D eigenvalue weighted by atomic mass is 32.1. The zero-order chi connectivity index (χ0) is 45.2. The van der Waals surface area contributed by atoms with E-state index < -0.39 is 0 Å². The fourth-order valence-corrected chi connectivity index (χ4v) is 11.3. The maximum atomic E-state index is 6.27. The van der Waals surface area contributed by atoms with Crippen molar-refractivity contribution in [2.24, 2.45) is 0 Å². The predicted octanol–water partition coefficient (Wildman–Crippen LogP) is 17.2. The number of hydrogen-bond acceptors (Lipinski definition) is 5. The van der Waals surface area contributed by atoms with Crippen LogP contribution in [0.3, 0.4) is 0 Å².